The maximum atomic E-state index is 12.3. The second kappa shape index (κ2) is 8.53. The highest BCUT2D eigenvalue weighted by atomic mass is 32.2. The summed E-state index contributed by atoms with van der Waals surface area (Å²) < 4.78 is 29.3. The van der Waals surface area contributed by atoms with Crippen LogP contribution in [0.3, 0.4) is 0 Å². The number of likely N-dealkylation sites (N-methyl/N-ethyl adjacent to an activating group) is 1. The highest BCUT2D eigenvalue weighted by Crippen LogP contribution is 2.14. The third-order valence-corrected chi connectivity index (χ3v) is 5.01. The van der Waals surface area contributed by atoms with E-state index in [-0.39, 0.29) is 0 Å². The summed E-state index contributed by atoms with van der Waals surface area (Å²) in [6, 6.07) is 1.74. The first-order valence-corrected chi connectivity index (χ1v) is 9.02. The Balaban J connectivity index is 2.74. The molecule has 0 fully saturated rings. The smallest absolute Gasteiger partial charge is 0.242 e. The summed E-state index contributed by atoms with van der Waals surface area (Å²) in [7, 11) is -1.58. The summed E-state index contributed by atoms with van der Waals surface area (Å²) in [5.74, 6) is 0. The molecule has 0 radical (unpaired) electrons. The van der Waals surface area contributed by atoms with Crippen LogP contribution in [-0.4, -0.2) is 51.1 Å². The Morgan fingerprint density at radius 3 is 2.43 bits per heavy atom. The maximum absolute atomic E-state index is 12.3. The van der Waals surface area contributed by atoms with Crippen molar-refractivity contribution in [3.05, 3.63) is 18.0 Å². The lowest BCUT2D eigenvalue weighted by Crippen LogP contribution is -2.34. The predicted molar refractivity (Wildman–Crippen MR) is 85.8 cm³/mol. The minimum Gasteiger partial charge on any atom is -0.349 e. The summed E-state index contributed by atoms with van der Waals surface area (Å²) in [5.41, 5.74) is 0.976. The first-order valence-electron chi connectivity index (χ1n) is 7.54. The molecule has 0 spiro atoms. The minimum atomic E-state index is -3.43. The molecule has 0 aromatic carbocycles. The van der Waals surface area contributed by atoms with Crippen molar-refractivity contribution in [2.24, 2.45) is 0 Å². The number of aryl methyl sites for hydroxylation is 1. The Bertz CT molecular complexity index is 521. The van der Waals surface area contributed by atoms with Gasteiger partial charge in [0.1, 0.15) is 0 Å². The lowest BCUT2D eigenvalue weighted by molar-refractivity contribution is 0.309. The molecule has 0 bridgehead atoms. The molecule has 7 heteroatoms. The monoisotopic (exact) mass is 316 g/mol. The lowest BCUT2D eigenvalue weighted by Gasteiger charge is -2.17. The molecule has 0 aliphatic heterocycles. The SMILES string of the molecule is CCN(CC)CCNS(=O)(=O)c1cc(CNC)n(CC)c1. The molecule has 1 rings (SSSR count). The summed E-state index contributed by atoms with van der Waals surface area (Å²) in [6.45, 7) is 10.6. The Labute approximate surface area is 128 Å². The van der Waals surface area contributed by atoms with Gasteiger partial charge in [-0.3, -0.25) is 0 Å². The maximum Gasteiger partial charge on any atom is 0.242 e. The molecule has 0 amide bonds. The second-order valence-corrected chi connectivity index (χ2v) is 6.68. The Morgan fingerprint density at radius 1 is 1.24 bits per heavy atom. The van der Waals surface area contributed by atoms with E-state index in [4.69, 9.17) is 0 Å². The first-order chi connectivity index (χ1) is 9.98. The van der Waals surface area contributed by atoms with Crippen LogP contribution >= 0.6 is 0 Å². The van der Waals surface area contributed by atoms with Crippen LogP contribution < -0.4 is 10.0 Å². The van der Waals surface area contributed by atoms with Crippen molar-refractivity contribution in [1.82, 2.24) is 19.5 Å². The third-order valence-electron chi connectivity index (χ3n) is 3.58. The fourth-order valence-electron chi connectivity index (χ4n) is 2.26. The van der Waals surface area contributed by atoms with Gasteiger partial charge in [-0.1, -0.05) is 13.8 Å². The number of hydrogen-bond acceptors (Lipinski definition) is 4. The van der Waals surface area contributed by atoms with Crippen LogP contribution in [0.4, 0.5) is 0 Å². The normalized spacial score (nSPS) is 12.2. The highest BCUT2D eigenvalue weighted by Gasteiger charge is 2.17. The van der Waals surface area contributed by atoms with Crippen molar-refractivity contribution in [3.8, 4) is 0 Å². The lowest BCUT2D eigenvalue weighted by atomic mass is 10.4. The van der Waals surface area contributed by atoms with Gasteiger partial charge < -0.3 is 14.8 Å². The summed E-state index contributed by atoms with van der Waals surface area (Å²) in [5, 5.41) is 3.05. The number of aromatic nitrogens is 1. The van der Waals surface area contributed by atoms with Crippen LogP contribution in [0.25, 0.3) is 0 Å². The fraction of sp³-hybridized carbons (Fsp3) is 0.714. The number of nitrogens with one attached hydrogen (secondary N) is 2. The standard InChI is InChI=1S/C14H28N4O2S/c1-5-17(6-2)9-8-16-21(19,20)14-10-13(11-15-4)18(7-3)12-14/h10,12,15-16H,5-9,11H2,1-4H3. The van der Waals surface area contributed by atoms with E-state index in [2.05, 4.69) is 28.8 Å². The van der Waals surface area contributed by atoms with Gasteiger partial charge in [0.15, 0.2) is 0 Å². The van der Waals surface area contributed by atoms with Gasteiger partial charge in [0.2, 0.25) is 10.0 Å². The van der Waals surface area contributed by atoms with Crippen molar-refractivity contribution in [3.63, 3.8) is 0 Å². The molecule has 0 atom stereocenters. The van der Waals surface area contributed by atoms with Crippen molar-refractivity contribution in [2.75, 3.05) is 33.2 Å². The zero-order chi connectivity index (χ0) is 15.9. The summed E-state index contributed by atoms with van der Waals surface area (Å²) >= 11 is 0. The molecule has 6 nitrogen and oxygen atoms in total. The molecule has 1 heterocycles. The van der Waals surface area contributed by atoms with Crippen LogP contribution in [0, 0.1) is 0 Å². The van der Waals surface area contributed by atoms with Gasteiger partial charge in [-0.05, 0) is 33.1 Å². The van der Waals surface area contributed by atoms with Crippen LogP contribution in [0.5, 0.6) is 0 Å². The summed E-state index contributed by atoms with van der Waals surface area (Å²) in [6.07, 6.45) is 1.70. The molecule has 0 aliphatic rings. The molecular formula is C14H28N4O2S. The Kier molecular flexibility index (Phi) is 7.37. The van der Waals surface area contributed by atoms with E-state index in [9.17, 15) is 8.42 Å². The van der Waals surface area contributed by atoms with E-state index in [0.29, 0.717) is 18.0 Å². The molecule has 122 valence electrons. The molecule has 0 saturated heterocycles. The van der Waals surface area contributed by atoms with Crippen LogP contribution in [0.2, 0.25) is 0 Å². The van der Waals surface area contributed by atoms with Crippen LogP contribution in [0.1, 0.15) is 26.5 Å². The van der Waals surface area contributed by atoms with Gasteiger partial charge in [-0.25, -0.2) is 13.1 Å². The molecule has 1 aromatic heterocycles. The van der Waals surface area contributed by atoms with Crippen LogP contribution in [0.15, 0.2) is 17.2 Å². The number of nitrogens with zero attached hydrogens (tertiary/aromatic N) is 2. The molecular weight excluding hydrogens is 288 g/mol. The van der Waals surface area contributed by atoms with Gasteiger partial charge in [0, 0.05) is 38.1 Å². The zero-order valence-electron chi connectivity index (χ0n) is 13.5. The average Bonchev–Trinajstić information content (AvgIpc) is 2.88. The molecule has 0 aliphatic carbocycles. The van der Waals surface area contributed by atoms with Gasteiger partial charge in [0.05, 0.1) is 4.90 Å². The minimum absolute atomic E-state index is 0.342. The first kappa shape index (κ1) is 18.2. The largest absolute Gasteiger partial charge is 0.349 e. The van der Waals surface area contributed by atoms with E-state index >= 15 is 0 Å². The zero-order valence-corrected chi connectivity index (χ0v) is 14.3. The summed E-state index contributed by atoms with van der Waals surface area (Å²) in [4.78, 5) is 2.53. The fourth-order valence-corrected chi connectivity index (χ4v) is 3.34. The van der Waals surface area contributed by atoms with Crippen molar-refractivity contribution in [1.29, 1.82) is 0 Å². The molecule has 2 N–H and O–H groups in total. The highest BCUT2D eigenvalue weighted by molar-refractivity contribution is 7.89. The average molecular weight is 316 g/mol. The van der Waals surface area contributed by atoms with E-state index in [1.54, 1.807) is 12.3 Å². The Morgan fingerprint density at radius 2 is 1.90 bits per heavy atom. The Hall–Kier alpha value is -0.890. The van der Waals surface area contributed by atoms with E-state index in [1.807, 2.05) is 18.5 Å². The molecule has 1 aromatic rings. The number of hydrogen-bond donors (Lipinski definition) is 2. The van der Waals surface area contributed by atoms with Gasteiger partial charge in [0.25, 0.3) is 0 Å². The molecule has 0 saturated carbocycles. The van der Waals surface area contributed by atoms with Crippen molar-refractivity contribution < 1.29 is 8.42 Å². The predicted octanol–water partition coefficient (Wildman–Crippen LogP) is 0.848. The van der Waals surface area contributed by atoms with Gasteiger partial charge in [-0.15, -0.1) is 0 Å². The number of rotatable bonds is 10. The quantitative estimate of drug-likeness (QED) is 0.671. The van der Waals surface area contributed by atoms with E-state index in [0.717, 1.165) is 31.9 Å². The molecule has 21 heavy (non-hydrogen) atoms. The number of sulfonamides is 1. The van der Waals surface area contributed by atoms with Crippen LogP contribution in [-0.2, 0) is 23.1 Å². The van der Waals surface area contributed by atoms with Gasteiger partial charge >= 0.3 is 0 Å². The molecule has 0 unspecified atom stereocenters. The van der Waals surface area contributed by atoms with Crippen molar-refractivity contribution >= 4 is 10.0 Å². The van der Waals surface area contributed by atoms with Crippen molar-refractivity contribution in [2.45, 2.75) is 38.8 Å². The van der Waals surface area contributed by atoms with Gasteiger partial charge in [-0.2, -0.15) is 0 Å². The third kappa shape index (κ3) is 5.10. The second-order valence-electron chi connectivity index (χ2n) is 4.91. The topological polar surface area (TPSA) is 66.4 Å². The van der Waals surface area contributed by atoms with E-state index in [1.165, 1.54) is 0 Å². The van der Waals surface area contributed by atoms with E-state index < -0.39 is 10.0 Å².